The second-order valence-electron chi connectivity index (χ2n) is 5.89. The molecule has 0 spiro atoms. The van der Waals surface area contributed by atoms with Crippen molar-refractivity contribution in [3.8, 4) is 5.75 Å². The van der Waals surface area contributed by atoms with Crippen molar-refractivity contribution in [1.29, 1.82) is 0 Å². The van der Waals surface area contributed by atoms with E-state index < -0.39 is 16.0 Å². The van der Waals surface area contributed by atoms with Gasteiger partial charge in [-0.05, 0) is 61.7 Å². The van der Waals surface area contributed by atoms with Crippen molar-refractivity contribution in [3.05, 3.63) is 59.2 Å². The molecule has 0 aliphatic heterocycles. The third-order valence-corrected chi connectivity index (χ3v) is 5.38. The van der Waals surface area contributed by atoms with Gasteiger partial charge in [0.25, 0.3) is 0 Å². The number of carbonyl (C=O) groups is 1. The molecule has 0 unspecified atom stereocenters. The Bertz CT molecular complexity index is 877. The first-order valence-corrected chi connectivity index (χ1v) is 9.70. The van der Waals surface area contributed by atoms with Crippen LogP contribution in [-0.2, 0) is 14.8 Å². The van der Waals surface area contributed by atoms with E-state index >= 15 is 0 Å². The van der Waals surface area contributed by atoms with Crippen molar-refractivity contribution in [1.82, 2.24) is 4.72 Å². The Kier molecular flexibility index (Phi) is 6.76. The molecule has 0 amide bonds. The number of rotatable bonds is 8. The lowest BCUT2D eigenvalue weighted by atomic mass is 10.1. The zero-order chi connectivity index (χ0) is 19.2. The summed E-state index contributed by atoms with van der Waals surface area (Å²) in [5.74, 6) is 0.264. The molecule has 0 saturated carbocycles. The minimum atomic E-state index is -3.65. The summed E-state index contributed by atoms with van der Waals surface area (Å²) in [6.07, 6.45) is 0.534. The Morgan fingerprint density at radius 2 is 1.88 bits per heavy atom. The maximum absolute atomic E-state index is 12.4. The molecule has 1 N–H and O–H groups in total. The number of sulfonamides is 1. The molecule has 7 heteroatoms. The van der Waals surface area contributed by atoms with Crippen LogP contribution in [0.4, 0.5) is 0 Å². The van der Waals surface area contributed by atoms with Crippen LogP contribution in [0.25, 0.3) is 0 Å². The Balaban J connectivity index is 1.89. The summed E-state index contributed by atoms with van der Waals surface area (Å²) in [5.41, 5.74) is 1.90. The Hall–Kier alpha value is -2.38. The minimum Gasteiger partial charge on any atom is -0.494 e. The lowest BCUT2D eigenvalue weighted by Crippen LogP contribution is -2.26. The van der Waals surface area contributed by atoms with Gasteiger partial charge < -0.3 is 9.47 Å². The van der Waals surface area contributed by atoms with E-state index in [9.17, 15) is 13.2 Å². The van der Waals surface area contributed by atoms with Crippen molar-refractivity contribution in [2.75, 3.05) is 20.3 Å². The molecule has 0 aliphatic rings. The van der Waals surface area contributed by atoms with E-state index in [2.05, 4.69) is 9.46 Å². The highest BCUT2D eigenvalue weighted by Gasteiger charge is 2.18. The van der Waals surface area contributed by atoms with Crippen molar-refractivity contribution >= 4 is 16.0 Å². The van der Waals surface area contributed by atoms with Gasteiger partial charge in [0.15, 0.2) is 0 Å². The number of ether oxygens (including phenoxy) is 2. The van der Waals surface area contributed by atoms with Gasteiger partial charge in [0.2, 0.25) is 10.0 Å². The number of carbonyl (C=O) groups excluding carboxylic acids is 1. The molecular weight excluding hydrogens is 354 g/mol. The van der Waals surface area contributed by atoms with Crippen molar-refractivity contribution < 1.29 is 22.7 Å². The summed E-state index contributed by atoms with van der Waals surface area (Å²) in [7, 11) is -2.37. The van der Waals surface area contributed by atoms with E-state index in [0.717, 1.165) is 11.3 Å². The van der Waals surface area contributed by atoms with Gasteiger partial charge in [-0.3, -0.25) is 0 Å². The normalized spacial score (nSPS) is 11.2. The first kappa shape index (κ1) is 19.9. The van der Waals surface area contributed by atoms with Gasteiger partial charge in [0.05, 0.1) is 24.2 Å². The third kappa shape index (κ3) is 5.31. The number of aryl methyl sites for hydroxylation is 2. The minimum absolute atomic E-state index is 0.143. The van der Waals surface area contributed by atoms with Crippen LogP contribution in [0.5, 0.6) is 5.75 Å². The smallest absolute Gasteiger partial charge is 0.337 e. The Morgan fingerprint density at radius 1 is 1.12 bits per heavy atom. The highest BCUT2D eigenvalue weighted by atomic mass is 32.2. The second kappa shape index (κ2) is 8.82. The van der Waals surface area contributed by atoms with Gasteiger partial charge >= 0.3 is 5.97 Å². The van der Waals surface area contributed by atoms with Gasteiger partial charge in [-0.15, -0.1) is 0 Å². The molecular formula is C19H23NO5S. The molecule has 0 atom stereocenters. The molecule has 140 valence electrons. The van der Waals surface area contributed by atoms with E-state index in [1.165, 1.54) is 25.3 Å². The van der Waals surface area contributed by atoms with Gasteiger partial charge in [-0.2, -0.15) is 0 Å². The molecule has 6 nitrogen and oxygen atoms in total. The predicted molar refractivity (Wildman–Crippen MR) is 99.0 cm³/mol. The van der Waals surface area contributed by atoms with E-state index in [1.807, 2.05) is 31.2 Å². The van der Waals surface area contributed by atoms with Crippen LogP contribution in [0.15, 0.2) is 47.4 Å². The molecule has 2 rings (SSSR count). The van der Waals surface area contributed by atoms with Crippen LogP contribution in [0, 0.1) is 13.8 Å². The topological polar surface area (TPSA) is 81.7 Å². The maximum Gasteiger partial charge on any atom is 0.337 e. The first-order valence-electron chi connectivity index (χ1n) is 8.21. The Morgan fingerprint density at radius 3 is 2.54 bits per heavy atom. The number of hydrogen-bond donors (Lipinski definition) is 1. The molecule has 0 fully saturated rings. The lowest BCUT2D eigenvalue weighted by molar-refractivity contribution is 0.0600. The average molecular weight is 377 g/mol. The largest absolute Gasteiger partial charge is 0.494 e. The average Bonchev–Trinajstić information content (AvgIpc) is 2.60. The molecule has 0 bridgehead atoms. The molecule has 0 heterocycles. The van der Waals surface area contributed by atoms with Crippen LogP contribution < -0.4 is 9.46 Å². The van der Waals surface area contributed by atoms with Gasteiger partial charge in [-0.1, -0.05) is 12.1 Å². The van der Waals surface area contributed by atoms with Gasteiger partial charge in [-0.25, -0.2) is 17.9 Å². The van der Waals surface area contributed by atoms with Crippen molar-refractivity contribution in [2.45, 2.75) is 25.2 Å². The van der Waals surface area contributed by atoms with Crippen LogP contribution in [-0.4, -0.2) is 34.6 Å². The summed E-state index contributed by atoms with van der Waals surface area (Å²) in [6.45, 7) is 4.29. The zero-order valence-electron chi connectivity index (χ0n) is 15.1. The highest BCUT2D eigenvalue weighted by molar-refractivity contribution is 7.89. The van der Waals surface area contributed by atoms with Crippen LogP contribution in [0.1, 0.15) is 27.9 Å². The maximum atomic E-state index is 12.4. The van der Waals surface area contributed by atoms with Crippen molar-refractivity contribution in [3.63, 3.8) is 0 Å². The van der Waals surface area contributed by atoms with Gasteiger partial charge in [0, 0.05) is 6.54 Å². The zero-order valence-corrected chi connectivity index (χ0v) is 15.9. The number of nitrogens with one attached hydrogen (secondary N) is 1. The molecule has 26 heavy (non-hydrogen) atoms. The quantitative estimate of drug-likeness (QED) is 0.565. The number of methoxy groups -OCH3 is 1. The summed E-state index contributed by atoms with van der Waals surface area (Å²) in [5, 5.41) is 0. The SMILES string of the molecule is COC(=O)c1ccc(S(=O)(=O)NCCCOc2cccc(C)c2)c(C)c1. The van der Waals surface area contributed by atoms with E-state index in [1.54, 1.807) is 6.92 Å². The van der Waals surface area contributed by atoms with E-state index in [0.29, 0.717) is 24.2 Å². The summed E-state index contributed by atoms with van der Waals surface area (Å²) >= 11 is 0. The third-order valence-electron chi connectivity index (χ3n) is 3.76. The standard InChI is InChI=1S/C19H23NO5S/c1-14-6-4-7-17(12-14)25-11-5-10-20-26(22,23)18-9-8-16(13-15(18)2)19(21)24-3/h4,6-9,12-13,20H,5,10-11H2,1-3H3. The number of esters is 1. The molecule has 2 aromatic carbocycles. The van der Waals surface area contributed by atoms with Crippen LogP contribution >= 0.6 is 0 Å². The summed E-state index contributed by atoms with van der Waals surface area (Å²) < 4.78 is 37.6. The molecule has 0 radical (unpaired) electrons. The summed E-state index contributed by atoms with van der Waals surface area (Å²) in [4.78, 5) is 11.7. The molecule has 2 aromatic rings. The monoisotopic (exact) mass is 377 g/mol. The molecule has 0 aromatic heterocycles. The first-order chi connectivity index (χ1) is 12.3. The van der Waals surface area contributed by atoms with Crippen LogP contribution in [0.3, 0.4) is 0 Å². The lowest BCUT2D eigenvalue weighted by Gasteiger charge is -2.11. The molecule has 0 saturated heterocycles. The summed E-state index contributed by atoms with van der Waals surface area (Å²) in [6, 6.07) is 12.0. The second-order valence-corrected chi connectivity index (χ2v) is 7.62. The fourth-order valence-corrected chi connectivity index (χ4v) is 3.75. The Labute approximate surface area is 154 Å². The van der Waals surface area contributed by atoms with E-state index in [4.69, 9.17) is 4.74 Å². The highest BCUT2D eigenvalue weighted by Crippen LogP contribution is 2.17. The van der Waals surface area contributed by atoms with Gasteiger partial charge in [0.1, 0.15) is 5.75 Å². The van der Waals surface area contributed by atoms with E-state index in [-0.39, 0.29) is 11.4 Å². The number of hydrogen-bond acceptors (Lipinski definition) is 5. The van der Waals surface area contributed by atoms with Crippen molar-refractivity contribution in [2.24, 2.45) is 0 Å². The molecule has 0 aliphatic carbocycles. The fourth-order valence-electron chi connectivity index (χ4n) is 2.45. The number of benzene rings is 2. The predicted octanol–water partition coefficient (Wildman–Crippen LogP) is 2.84. The van der Waals surface area contributed by atoms with Crippen LogP contribution in [0.2, 0.25) is 0 Å². The fraction of sp³-hybridized carbons (Fsp3) is 0.316.